The summed E-state index contributed by atoms with van der Waals surface area (Å²) in [5, 5.41) is 2.52. The number of imide groups is 2. The summed E-state index contributed by atoms with van der Waals surface area (Å²) >= 11 is 1.39. The van der Waals surface area contributed by atoms with E-state index >= 15 is 0 Å². The molecule has 8 nitrogen and oxygen atoms in total. The van der Waals surface area contributed by atoms with Crippen molar-refractivity contribution in [3.8, 4) is 10.4 Å². The van der Waals surface area contributed by atoms with Gasteiger partial charge in [0.1, 0.15) is 6.61 Å². The minimum atomic E-state index is -0.499. The van der Waals surface area contributed by atoms with Gasteiger partial charge >= 0.3 is 0 Å². The standard InChI is InChI=1S/C26H15N3O5S/c30-23-18-5-1-2-6-19(18)24(31)28(23)17-11-22(35-14-17)15-9-10-16(27-12-15)13-34-29-25(32)20-7-3-4-8-21(20)26(29)33/h1-12,14H,13H2. The normalized spacial score (nSPS) is 14.6. The molecule has 0 spiro atoms. The Morgan fingerprint density at radius 2 is 1.31 bits per heavy atom. The molecule has 4 aromatic rings. The summed E-state index contributed by atoms with van der Waals surface area (Å²) in [6.45, 7) is -0.0590. The molecular formula is C26H15N3O5S. The number of benzene rings is 2. The molecule has 0 saturated carbocycles. The van der Waals surface area contributed by atoms with Crippen LogP contribution in [0.2, 0.25) is 0 Å². The number of hydrogen-bond acceptors (Lipinski definition) is 7. The van der Waals surface area contributed by atoms with Crippen molar-refractivity contribution < 1.29 is 24.0 Å². The zero-order chi connectivity index (χ0) is 24.1. The van der Waals surface area contributed by atoms with Crippen molar-refractivity contribution in [2.45, 2.75) is 6.61 Å². The van der Waals surface area contributed by atoms with Crippen LogP contribution in [0.15, 0.2) is 78.3 Å². The van der Waals surface area contributed by atoms with Crippen molar-refractivity contribution in [2.75, 3.05) is 4.90 Å². The Hall–Kier alpha value is -4.47. The first-order valence-electron chi connectivity index (χ1n) is 10.7. The van der Waals surface area contributed by atoms with Gasteiger partial charge in [0.2, 0.25) is 0 Å². The van der Waals surface area contributed by atoms with Crippen LogP contribution in [0.5, 0.6) is 0 Å². The first-order valence-corrected chi connectivity index (χ1v) is 11.5. The minimum Gasteiger partial charge on any atom is -0.268 e. The summed E-state index contributed by atoms with van der Waals surface area (Å²) in [4.78, 5) is 62.1. The Bertz CT molecular complexity index is 1470. The summed E-state index contributed by atoms with van der Waals surface area (Å²) in [5.74, 6) is -1.68. The Morgan fingerprint density at radius 1 is 0.743 bits per heavy atom. The predicted octanol–water partition coefficient (Wildman–Crippen LogP) is 4.34. The summed E-state index contributed by atoms with van der Waals surface area (Å²) in [6.07, 6.45) is 1.64. The Morgan fingerprint density at radius 3 is 1.86 bits per heavy atom. The molecule has 2 aromatic heterocycles. The number of carbonyl (C=O) groups is 4. The number of hydroxylamine groups is 2. The molecule has 4 heterocycles. The van der Waals surface area contributed by atoms with Crippen molar-refractivity contribution in [3.05, 3.63) is 106 Å². The van der Waals surface area contributed by atoms with Crippen LogP contribution in [0.1, 0.15) is 47.1 Å². The minimum absolute atomic E-state index is 0.0590. The molecule has 4 amide bonds. The zero-order valence-corrected chi connectivity index (χ0v) is 18.8. The topological polar surface area (TPSA) is 96.9 Å². The van der Waals surface area contributed by atoms with Gasteiger partial charge in [0.05, 0.1) is 33.6 Å². The van der Waals surface area contributed by atoms with Gasteiger partial charge in [0.25, 0.3) is 23.6 Å². The van der Waals surface area contributed by atoms with E-state index in [9.17, 15) is 19.2 Å². The fraction of sp³-hybridized carbons (Fsp3) is 0.0385. The highest BCUT2D eigenvalue weighted by molar-refractivity contribution is 7.14. The largest absolute Gasteiger partial charge is 0.285 e. The fourth-order valence-corrected chi connectivity index (χ4v) is 4.96. The Balaban J connectivity index is 1.15. The van der Waals surface area contributed by atoms with E-state index in [1.165, 1.54) is 16.2 Å². The summed E-state index contributed by atoms with van der Waals surface area (Å²) in [7, 11) is 0. The van der Waals surface area contributed by atoms with Gasteiger partial charge in [-0.1, -0.05) is 30.3 Å². The van der Waals surface area contributed by atoms with Crippen LogP contribution in [0.25, 0.3) is 10.4 Å². The molecule has 0 radical (unpaired) electrons. The number of pyridine rings is 1. The van der Waals surface area contributed by atoms with E-state index in [0.717, 1.165) is 15.5 Å². The lowest BCUT2D eigenvalue weighted by Crippen LogP contribution is -2.29. The molecule has 0 unspecified atom stereocenters. The van der Waals surface area contributed by atoms with E-state index in [2.05, 4.69) is 4.98 Å². The summed E-state index contributed by atoms with van der Waals surface area (Å²) < 4.78 is 0. The van der Waals surface area contributed by atoms with Crippen molar-refractivity contribution in [3.63, 3.8) is 0 Å². The Kier molecular flexibility index (Phi) is 4.87. The van der Waals surface area contributed by atoms with Gasteiger partial charge in [-0.15, -0.1) is 16.4 Å². The maximum atomic E-state index is 12.7. The lowest BCUT2D eigenvalue weighted by atomic mass is 10.1. The first-order chi connectivity index (χ1) is 17.0. The maximum absolute atomic E-state index is 12.7. The van der Waals surface area contributed by atoms with Crippen LogP contribution >= 0.6 is 11.3 Å². The number of thiophene rings is 1. The lowest BCUT2D eigenvalue weighted by Gasteiger charge is -2.13. The SMILES string of the molecule is O=C1c2ccccc2C(=O)N1OCc1ccc(-c2cc(N3C(=O)c4ccccc4C3=O)cs2)cn1. The summed E-state index contributed by atoms with van der Waals surface area (Å²) in [5.41, 5.74) is 3.25. The molecule has 2 aliphatic rings. The van der Waals surface area contributed by atoms with E-state index in [-0.39, 0.29) is 18.4 Å². The van der Waals surface area contributed by atoms with Crippen molar-refractivity contribution in [1.82, 2.24) is 10.0 Å². The van der Waals surface area contributed by atoms with Crippen LogP contribution in [0, 0.1) is 0 Å². The molecule has 170 valence electrons. The van der Waals surface area contributed by atoms with Crippen molar-refractivity contribution >= 4 is 40.7 Å². The van der Waals surface area contributed by atoms with Crippen molar-refractivity contribution in [1.29, 1.82) is 0 Å². The highest BCUT2D eigenvalue weighted by atomic mass is 32.1. The average molecular weight is 481 g/mol. The van der Waals surface area contributed by atoms with Crippen LogP contribution in [0.3, 0.4) is 0 Å². The fourth-order valence-electron chi connectivity index (χ4n) is 4.09. The predicted molar refractivity (Wildman–Crippen MR) is 127 cm³/mol. The van der Waals surface area contributed by atoms with Gasteiger partial charge in [0.15, 0.2) is 0 Å². The second kappa shape index (κ2) is 8.08. The van der Waals surface area contributed by atoms with E-state index < -0.39 is 11.8 Å². The van der Waals surface area contributed by atoms with Crippen LogP contribution in [-0.4, -0.2) is 33.7 Å². The number of fused-ring (bicyclic) bond motifs is 2. The third-order valence-electron chi connectivity index (χ3n) is 5.85. The number of rotatable bonds is 5. The van der Waals surface area contributed by atoms with Crippen LogP contribution in [-0.2, 0) is 11.4 Å². The number of hydrogen-bond donors (Lipinski definition) is 0. The van der Waals surface area contributed by atoms with Gasteiger partial charge in [-0.2, -0.15) is 0 Å². The molecule has 0 saturated heterocycles. The van der Waals surface area contributed by atoms with E-state index in [0.29, 0.717) is 33.6 Å². The van der Waals surface area contributed by atoms with E-state index in [1.807, 2.05) is 6.07 Å². The average Bonchev–Trinajstić information content (AvgIpc) is 3.54. The van der Waals surface area contributed by atoms with Gasteiger partial charge in [-0.25, -0.2) is 4.90 Å². The molecule has 0 bridgehead atoms. The van der Waals surface area contributed by atoms with Crippen LogP contribution < -0.4 is 4.90 Å². The monoisotopic (exact) mass is 481 g/mol. The third-order valence-corrected chi connectivity index (χ3v) is 6.81. The smallest absolute Gasteiger partial charge is 0.268 e. The number of carbonyl (C=O) groups excluding carboxylic acids is 4. The van der Waals surface area contributed by atoms with Crippen molar-refractivity contribution in [2.24, 2.45) is 0 Å². The Labute approximate surface area is 203 Å². The zero-order valence-electron chi connectivity index (χ0n) is 18.0. The number of nitrogens with zero attached hydrogens (tertiary/aromatic N) is 3. The quantitative estimate of drug-likeness (QED) is 0.394. The second-order valence-corrected chi connectivity index (χ2v) is 8.83. The molecule has 6 rings (SSSR count). The highest BCUT2D eigenvalue weighted by Crippen LogP contribution is 2.35. The molecule has 2 aromatic carbocycles. The van der Waals surface area contributed by atoms with E-state index in [1.54, 1.807) is 72.2 Å². The molecule has 0 N–H and O–H groups in total. The van der Waals surface area contributed by atoms with Gasteiger partial charge in [0, 0.05) is 22.0 Å². The summed E-state index contributed by atoms with van der Waals surface area (Å²) in [6, 6.07) is 18.7. The molecule has 9 heteroatoms. The number of anilines is 1. The van der Waals surface area contributed by atoms with Crippen LogP contribution in [0.4, 0.5) is 5.69 Å². The molecular weight excluding hydrogens is 466 g/mol. The third kappa shape index (κ3) is 3.37. The van der Waals surface area contributed by atoms with Gasteiger partial charge < -0.3 is 0 Å². The van der Waals surface area contributed by atoms with Gasteiger partial charge in [-0.05, 0) is 36.4 Å². The maximum Gasteiger partial charge on any atom is 0.285 e. The number of aromatic nitrogens is 1. The first kappa shape index (κ1) is 21.1. The molecule has 0 aliphatic carbocycles. The molecule has 2 aliphatic heterocycles. The molecule has 0 fully saturated rings. The molecule has 35 heavy (non-hydrogen) atoms. The number of amides is 4. The molecule has 0 atom stereocenters. The van der Waals surface area contributed by atoms with E-state index in [4.69, 9.17) is 4.84 Å². The highest BCUT2D eigenvalue weighted by Gasteiger charge is 2.37. The lowest BCUT2D eigenvalue weighted by molar-refractivity contribution is -0.102. The van der Waals surface area contributed by atoms with Gasteiger partial charge in [-0.3, -0.25) is 29.0 Å². The second-order valence-electron chi connectivity index (χ2n) is 7.92.